The minimum Gasteiger partial charge on any atom is -0.318 e. The van der Waals surface area contributed by atoms with Crippen LogP contribution in [0.1, 0.15) is 51.3 Å². The summed E-state index contributed by atoms with van der Waals surface area (Å²) in [5, 5.41) is 17.5. The minimum absolute atomic E-state index is 0.0114. The second kappa shape index (κ2) is 8.41. The number of aromatic nitrogens is 7. The smallest absolute Gasteiger partial charge is 0.280 e. The summed E-state index contributed by atoms with van der Waals surface area (Å²) in [5.74, 6) is -1.15. The van der Waals surface area contributed by atoms with E-state index in [0.29, 0.717) is 17.9 Å². The van der Waals surface area contributed by atoms with E-state index in [4.69, 9.17) is 0 Å². The summed E-state index contributed by atoms with van der Waals surface area (Å²) in [6.07, 6.45) is 1.23. The van der Waals surface area contributed by atoms with Crippen molar-refractivity contribution in [2.75, 3.05) is 10.6 Å². The van der Waals surface area contributed by atoms with Crippen LogP contribution in [0.3, 0.4) is 0 Å². The van der Waals surface area contributed by atoms with Gasteiger partial charge in [-0.3, -0.25) is 19.0 Å². The van der Waals surface area contributed by atoms with Crippen LogP contribution in [-0.2, 0) is 13.6 Å². The van der Waals surface area contributed by atoms with Crippen LogP contribution in [-0.4, -0.2) is 46.0 Å². The molecule has 4 rings (SSSR count). The first kappa shape index (κ1) is 22.0. The van der Waals surface area contributed by atoms with Crippen molar-refractivity contribution in [1.82, 2.24) is 34.2 Å². The van der Waals surface area contributed by atoms with E-state index in [1.807, 2.05) is 0 Å². The van der Waals surface area contributed by atoms with Gasteiger partial charge in [0, 0.05) is 19.3 Å². The van der Waals surface area contributed by atoms with E-state index in [-0.39, 0.29) is 28.3 Å². The number of fused-ring (bicyclic) bond motifs is 1. The lowest BCUT2D eigenvalue weighted by molar-refractivity contribution is 0.101. The molecule has 13 heteroatoms. The molecule has 0 saturated carbocycles. The van der Waals surface area contributed by atoms with Crippen LogP contribution in [0.4, 0.5) is 20.2 Å². The maximum absolute atomic E-state index is 13.4. The fraction of sp³-hybridized carbons (Fsp3) is 0.300. The highest BCUT2D eigenvalue weighted by atomic mass is 19.3. The van der Waals surface area contributed by atoms with Crippen molar-refractivity contribution in [2.45, 2.75) is 33.7 Å². The summed E-state index contributed by atoms with van der Waals surface area (Å²) in [6, 6.07) is 1.21. The number of carbonyl (C=O) groups excluding carboxylic acids is 2. The molecule has 0 fully saturated rings. The number of nitrogens with zero attached hydrogens (tertiary/aromatic N) is 7. The Labute approximate surface area is 186 Å². The Balaban J connectivity index is 1.66. The van der Waals surface area contributed by atoms with Crippen LogP contribution >= 0.6 is 0 Å². The predicted octanol–water partition coefficient (Wildman–Crippen LogP) is 2.74. The average Bonchev–Trinajstić information content (AvgIpc) is 3.46. The molecule has 11 nitrogen and oxygen atoms in total. The van der Waals surface area contributed by atoms with Crippen molar-refractivity contribution >= 4 is 28.8 Å². The van der Waals surface area contributed by atoms with Gasteiger partial charge in [0.15, 0.2) is 5.65 Å². The lowest BCUT2D eigenvalue weighted by Crippen LogP contribution is -2.21. The van der Waals surface area contributed by atoms with Gasteiger partial charge >= 0.3 is 0 Å². The van der Waals surface area contributed by atoms with E-state index in [1.54, 1.807) is 32.5 Å². The topological polar surface area (TPSA) is 124 Å². The van der Waals surface area contributed by atoms with E-state index in [1.165, 1.54) is 23.1 Å². The van der Waals surface area contributed by atoms with Crippen LogP contribution in [0.15, 0.2) is 24.7 Å². The molecule has 0 saturated heterocycles. The van der Waals surface area contributed by atoms with Gasteiger partial charge in [0.1, 0.15) is 17.0 Å². The molecule has 172 valence electrons. The molecule has 0 unspecified atom stereocenters. The van der Waals surface area contributed by atoms with E-state index in [9.17, 15) is 18.4 Å². The van der Waals surface area contributed by atoms with Gasteiger partial charge < -0.3 is 10.6 Å². The summed E-state index contributed by atoms with van der Waals surface area (Å²) < 4.78 is 30.7. The van der Waals surface area contributed by atoms with Crippen molar-refractivity contribution in [3.63, 3.8) is 0 Å². The average molecular weight is 457 g/mol. The van der Waals surface area contributed by atoms with Gasteiger partial charge in [0.05, 0.1) is 35.7 Å². The molecule has 4 aromatic heterocycles. The highest BCUT2D eigenvalue weighted by Gasteiger charge is 2.24. The van der Waals surface area contributed by atoms with Gasteiger partial charge in [-0.05, 0) is 26.8 Å². The molecule has 0 spiro atoms. The zero-order valence-electron chi connectivity index (χ0n) is 18.3. The van der Waals surface area contributed by atoms with Crippen molar-refractivity contribution in [3.05, 3.63) is 53.0 Å². The summed E-state index contributed by atoms with van der Waals surface area (Å²) in [6.45, 7) is 5.53. The third-order valence-corrected chi connectivity index (χ3v) is 5.18. The number of hydrogen-bond donors (Lipinski definition) is 2. The van der Waals surface area contributed by atoms with Gasteiger partial charge in [-0.2, -0.15) is 15.3 Å². The van der Waals surface area contributed by atoms with Crippen molar-refractivity contribution in [1.29, 1.82) is 0 Å². The first-order chi connectivity index (χ1) is 15.7. The Morgan fingerprint density at radius 1 is 1.03 bits per heavy atom. The molecule has 0 atom stereocenters. The zero-order chi connectivity index (χ0) is 23.9. The number of aryl methyl sites for hydroxylation is 3. The largest absolute Gasteiger partial charge is 0.318 e. The normalized spacial score (nSPS) is 11.4. The van der Waals surface area contributed by atoms with Crippen molar-refractivity contribution in [3.8, 4) is 0 Å². The molecule has 0 bridgehead atoms. The lowest BCUT2D eigenvalue weighted by Gasteiger charge is -2.10. The third-order valence-electron chi connectivity index (χ3n) is 5.18. The second-order valence-electron chi connectivity index (χ2n) is 7.31. The van der Waals surface area contributed by atoms with Crippen LogP contribution in [0.25, 0.3) is 5.65 Å². The van der Waals surface area contributed by atoms with Crippen LogP contribution in [0, 0.1) is 13.8 Å². The fourth-order valence-corrected chi connectivity index (χ4v) is 3.38. The van der Waals surface area contributed by atoms with Crippen LogP contribution in [0.2, 0.25) is 0 Å². The van der Waals surface area contributed by atoms with Gasteiger partial charge in [-0.1, -0.05) is 0 Å². The van der Waals surface area contributed by atoms with Gasteiger partial charge in [0.25, 0.3) is 18.2 Å². The molecule has 0 aliphatic carbocycles. The number of rotatable bonds is 6. The lowest BCUT2D eigenvalue weighted by atomic mass is 10.2. The number of hydrogen-bond acceptors (Lipinski definition) is 6. The highest BCUT2D eigenvalue weighted by Crippen LogP contribution is 2.24. The number of carbonyl (C=O) groups is 2. The Morgan fingerprint density at radius 2 is 1.73 bits per heavy atom. The molecular formula is C20H21F2N9O2. The molecule has 0 aliphatic heterocycles. The number of alkyl halides is 2. The zero-order valence-corrected chi connectivity index (χ0v) is 18.3. The SMILES string of the molecule is CCn1ncc(NC(=O)c2cnn3c(C(F)F)cc(C)nc23)c1C(=O)Nc1cnn(C)c1C. The Morgan fingerprint density at radius 3 is 2.36 bits per heavy atom. The maximum atomic E-state index is 13.4. The number of amides is 2. The minimum atomic E-state index is -2.79. The maximum Gasteiger partial charge on any atom is 0.280 e. The van der Waals surface area contributed by atoms with Crippen molar-refractivity contribution < 1.29 is 18.4 Å². The molecule has 0 radical (unpaired) electrons. The summed E-state index contributed by atoms with van der Waals surface area (Å²) in [5.41, 5.74) is 1.47. The predicted molar refractivity (Wildman–Crippen MR) is 114 cm³/mol. The van der Waals surface area contributed by atoms with E-state index < -0.39 is 18.2 Å². The molecule has 0 aromatic carbocycles. The second-order valence-corrected chi connectivity index (χ2v) is 7.31. The Bertz CT molecular complexity index is 1370. The molecule has 2 amide bonds. The number of anilines is 2. The third kappa shape index (κ3) is 3.92. The van der Waals surface area contributed by atoms with Crippen LogP contribution < -0.4 is 10.6 Å². The fourth-order valence-electron chi connectivity index (χ4n) is 3.38. The van der Waals surface area contributed by atoms with E-state index >= 15 is 0 Å². The standard InChI is InChI=1S/C20H21F2N9O2/c1-5-30-16(20(33)27-13-8-23-29(4)11(13)3)14(9-24-30)28-19(32)12-7-25-31-15(17(21)22)6-10(2)26-18(12)31/h6-9,17H,5H2,1-4H3,(H,27,33)(H,28,32). The Hall–Kier alpha value is -4.16. The molecule has 0 aliphatic rings. The quantitative estimate of drug-likeness (QED) is 0.459. The summed E-state index contributed by atoms with van der Waals surface area (Å²) in [7, 11) is 1.75. The first-order valence-electron chi connectivity index (χ1n) is 10.0. The van der Waals surface area contributed by atoms with Crippen molar-refractivity contribution in [2.24, 2.45) is 7.05 Å². The molecule has 4 aromatic rings. The van der Waals surface area contributed by atoms with Crippen LogP contribution in [0.5, 0.6) is 0 Å². The van der Waals surface area contributed by atoms with Gasteiger partial charge in [0.2, 0.25) is 0 Å². The van der Waals surface area contributed by atoms with E-state index in [0.717, 1.165) is 16.4 Å². The number of nitrogens with one attached hydrogen (secondary N) is 2. The summed E-state index contributed by atoms with van der Waals surface area (Å²) >= 11 is 0. The Kier molecular flexibility index (Phi) is 5.62. The monoisotopic (exact) mass is 457 g/mol. The van der Waals surface area contributed by atoms with E-state index in [2.05, 4.69) is 30.9 Å². The number of halogens is 2. The van der Waals surface area contributed by atoms with Gasteiger partial charge in [-0.15, -0.1) is 0 Å². The highest BCUT2D eigenvalue weighted by molar-refractivity contribution is 6.13. The van der Waals surface area contributed by atoms with Gasteiger partial charge in [-0.25, -0.2) is 18.3 Å². The molecule has 4 heterocycles. The molecular weight excluding hydrogens is 436 g/mol. The molecule has 33 heavy (non-hydrogen) atoms. The first-order valence-corrected chi connectivity index (χ1v) is 10.0. The summed E-state index contributed by atoms with van der Waals surface area (Å²) in [4.78, 5) is 30.2. The molecule has 2 N–H and O–H groups in total.